The lowest BCUT2D eigenvalue weighted by atomic mass is 10.1. The van der Waals surface area contributed by atoms with Crippen LogP contribution >= 0.6 is 0 Å². The number of rotatable bonds is 6. The molecule has 0 bridgehead atoms. The van der Waals surface area contributed by atoms with Crippen molar-refractivity contribution in [2.75, 3.05) is 30.3 Å². The number of carbonyl (C=O) groups excluding carboxylic acids is 1. The van der Waals surface area contributed by atoms with Crippen LogP contribution in [0.3, 0.4) is 0 Å². The van der Waals surface area contributed by atoms with Gasteiger partial charge in [0.1, 0.15) is 18.1 Å². The Morgan fingerprint density at radius 2 is 1.86 bits per heavy atom. The predicted molar refractivity (Wildman–Crippen MR) is 112 cm³/mol. The highest BCUT2D eigenvalue weighted by molar-refractivity contribution is 7.92. The number of fused-ring (bicyclic) bond motifs is 1. The third-order valence-electron chi connectivity index (χ3n) is 4.67. The second-order valence-corrected chi connectivity index (χ2v) is 9.19. The van der Waals surface area contributed by atoms with E-state index in [-0.39, 0.29) is 19.0 Å². The van der Waals surface area contributed by atoms with Gasteiger partial charge < -0.3 is 14.8 Å². The van der Waals surface area contributed by atoms with Gasteiger partial charge in [-0.1, -0.05) is 23.8 Å². The summed E-state index contributed by atoms with van der Waals surface area (Å²) in [7, 11) is -3.54. The number of anilines is 1. The average molecular weight is 419 g/mol. The SMILES string of the molecule is Cc1ccc(OCCNC(=O)[C@@H]2CN(S(C)(=O)=O)c3cc(C)ccc3O2)c(C)c1. The largest absolute Gasteiger partial charge is 0.491 e. The molecule has 0 aliphatic carbocycles. The minimum absolute atomic E-state index is 0.0704. The van der Waals surface area contributed by atoms with Crippen LogP contribution in [0, 0.1) is 20.8 Å². The van der Waals surface area contributed by atoms with E-state index in [1.54, 1.807) is 12.1 Å². The van der Waals surface area contributed by atoms with Crippen molar-refractivity contribution in [1.29, 1.82) is 0 Å². The zero-order valence-corrected chi connectivity index (χ0v) is 17.9. The van der Waals surface area contributed by atoms with Crippen molar-refractivity contribution in [3.63, 3.8) is 0 Å². The summed E-state index contributed by atoms with van der Waals surface area (Å²) in [6.45, 7) is 6.37. The predicted octanol–water partition coefficient (Wildman–Crippen LogP) is 2.33. The molecule has 0 saturated heterocycles. The summed E-state index contributed by atoms with van der Waals surface area (Å²) in [4.78, 5) is 12.6. The molecule has 7 nitrogen and oxygen atoms in total. The molecule has 156 valence electrons. The van der Waals surface area contributed by atoms with Crippen LogP contribution in [0.25, 0.3) is 0 Å². The maximum absolute atomic E-state index is 12.6. The van der Waals surface area contributed by atoms with Gasteiger partial charge in [-0.25, -0.2) is 8.42 Å². The summed E-state index contributed by atoms with van der Waals surface area (Å²) >= 11 is 0. The molecular weight excluding hydrogens is 392 g/mol. The van der Waals surface area contributed by atoms with Crippen LogP contribution in [-0.2, 0) is 14.8 Å². The highest BCUT2D eigenvalue weighted by Crippen LogP contribution is 2.35. The van der Waals surface area contributed by atoms with Crippen LogP contribution in [0.4, 0.5) is 5.69 Å². The highest BCUT2D eigenvalue weighted by atomic mass is 32.2. The van der Waals surface area contributed by atoms with Gasteiger partial charge >= 0.3 is 0 Å². The van der Waals surface area contributed by atoms with Crippen LogP contribution in [0.2, 0.25) is 0 Å². The number of hydrogen-bond acceptors (Lipinski definition) is 5. The summed E-state index contributed by atoms with van der Waals surface area (Å²) in [5, 5.41) is 2.76. The van der Waals surface area contributed by atoms with Gasteiger partial charge in [0, 0.05) is 0 Å². The van der Waals surface area contributed by atoms with Crippen molar-refractivity contribution >= 4 is 21.6 Å². The van der Waals surface area contributed by atoms with Crippen molar-refractivity contribution in [3.8, 4) is 11.5 Å². The molecule has 1 heterocycles. The molecule has 2 aromatic carbocycles. The Balaban J connectivity index is 1.61. The van der Waals surface area contributed by atoms with Gasteiger partial charge in [-0.2, -0.15) is 0 Å². The molecular formula is C21H26N2O5S. The molecule has 8 heteroatoms. The quantitative estimate of drug-likeness (QED) is 0.728. The molecule has 1 atom stereocenters. The summed E-state index contributed by atoms with van der Waals surface area (Å²) in [6.07, 6.45) is 0.193. The van der Waals surface area contributed by atoms with E-state index in [4.69, 9.17) is 9.47 Å². The maximum atomic E-state index is 12.6. The minimum atomic E-state index is -3.54. The number of hydrogen-bond donors (Lipinski definition) is 1. The Hall–Kier alpha value is -2.74. The van der Waals surface area contributed by atoms with E-state index in [0.29, 0.717) is 18.0 Å². The summed E-state index contributed by atoms with van der Waals surface area (Å²) < 4.78 is 37.1. The van der Waals surface area contributed by atoms with Gasteiger partial charge in [-0.05, 0) is 50.1 Å². The summed E-state index contributed by atoms with van der Waals surface area (Å²) in [6, 6.07) is 11.1. The third-order valence-corrected chi connectivity index (χ3v) is 5.81. The van der Waals surface area contributed by atoms with Gasteiger partial charge in [0.05, 0.1) is 25.0 Å². The average Bonchev–Trinajstić information content (AvgIpc) is 2.64. The minimum Gasteiger partial charge on any atom is -0.491 e. The van der Waals surface area contributed by atoms with Gasteiger partial charge in [0.2, 0.25) is 10.0 Å². The molecule has 0 unspecified atom stereocenters. The lowest BCUT2D eigenvalue weighted by Crippen LogP contribution is -2.51. The Morgan fingerprint density at radius 3 is 2.55 bits per heavy atom. The van der Waals surface area contributed by atoms with Gasteiger partial charge in [0.15, 0.2) is 6.10 Å². The number of carbonyl (C=O) groups is 1. The van der Waals surface area contributed by atoms with Crippen molar-refractivity contribution in [3.05, 3.63) is 53.1 Å². The topological polar surface area (TPSA) is 84.9 Å². The van der Waals surface area contributed by atoms with Crippen LogP contribution in [0.1, 0.15) is 16.7 Å². The van der Waals surface area contributed by atoms with Gasteiger partial charge in [-0.3, -0.25) is 9.10 Å². The molecule has 0 spiro atoms. The highest BCUT2D eigenvalue weighted by Gasteiger charge is 2.34. The van der Waals surface area contributed by atoms with Crippen LogP contribution < -0.4 is 19.1 Å². The maximum Gasteiger partial charge on any atom is 0.263 e. The molecule has 0 saturated carbocycles. The van der Waals surface area contributed by atoms with E-state index in [9.17, 15) is 13.2 Å². The Bertz CT molecular complexity index is 1020. The Kier molecular flexibility index (Phi) is 6.02. The van der Waals surface area contributed by atoms with E-state index in [2.05, 4.69) is 5.32 Å². The van der Waals surface area contributed by atoms with E-state index in [1.807, 2.05) is 45.0 Å². The first-order chi connectivity index (χ1) is 13.6. The molecule has 0 aromatic heterocycles. The van der Waals surface area contributed by atoms with Crippen LogP contribution in [0.5, 0.6) is 11.5 Å². The second kappa shape index (κ2) is 8.32. The Labute approximate surface area is 171 Å². The molecule has 0 radical (unpaired) electrons. The van der Waals surface area contributed by atoms with E-state index in [1.165, 1.54) is 4.31 Å². The first-order valence-electron chi connectivity index (χ1n) is 9.38. The van der Waals surface area contributed by atoms with Crippen LogP contribution in [-0.4, -0.2) is 46.4 Å². The zero-order chi connectivity index (χ0) is 21.2. The number of nitrogens with one attached hydrogen (secondary N) is 1. The molecule has 2 aromatic rings. The van der Waals surface area contributed by atoms with Crippen molar-refractivity contribution in [2.45, 2.75) is 26.9 Å². The smallest absolute Gasteiger partial charge is 0.263 e. The monoisotopic (exact) mass is 418 g/mol. The standard InChI is InChI=1S/C21H26N2O5S/c1-14-5-7-18(16(3)11-14)27-10-9-22-21(24)20-13-23(29(4,25)26)17-12-15(2)6-8-19(17)28-20/h5-8,11-12,20H,9-10,13H2,1-4H3,(H,22,24)/t20-/m0/s1. The Morgan fingerprint density at radius 1 is 1.17 bits per heavy atom. The first kappa shape index (κ1) is 21.0. The third kappa shape index (κ3) is 5.00. The molecule has 1 aliphatic heterocycles. The molecule has 29 heavy (non-hydrogen) atoms. The van der Waals surface area contributed by atoms with Crippen molar-refractivity contribution < 1.29 is 22.7 Å². The summed E-state index contributed by atoms with van der Waals surface area (Å²) in [5.74, 6) is 0.763. The van der Waals surface area contributed by atoms with Crippen molar-refractivity contribution in [2.24, 2.45) is 0 Å². The number of amides is 1. The number of benzene rings is 2. The van der Waals surface area contributed by atoms with Crippen molar-refractivity contribution in [1.82, 2.24) is 5.32 Å². The lowest BCUT2D eigenvalue weighted by Gasteiger charge is -2.34. The van der Waals surface area contributed by atoms with E-state index < -0.39 is 16.1 Å². The summed E-state index contributed by atoms with van der Waals surface area (Å²) in [5.41, 5.74) is 3.55. The number of nitrogens with zero attached hydrogens (tertiary/aromatic N) is 1. The van der Waals surface area contributed by atoms with E-state index >= 15 is 0 Å². The molecule has 1 aliphatic rings. The normalized spacial score (nSPS) is 16.0. The molecule has 1 N–H and O–H groups in total. The van der Waals surface area contributed by atoms with Gasteiger partial charge in [0.25, 0.3) is 5.91 Å². The fourth-order valence-electron chi connectivity index (χ4n) is 3.22. The molecule has 0 fully saturated rings. The number of aryl methyl sites for hydroxylation is 3. The van der Waals surface area contributed by atoms with E-state index in [0.717, 1.165) is 28.7 Å². The number of ether oxygens (including phenoxy) is 2. The molecule has 3 rings (SSSR count). The number of sulfonamides is 1. The van der Waals surface area contributed by atoms with Gasteiger partial charge in [-0.15, -0.1) is 0 Å². The first-order valence-corrected chi connectivity index (χ1v) is 11.2. The fourth-order valence-corrected chi connectivity index (χ4v) is 4.13. The fraction of sp³-hybridized carbons (Fsp3) is 0.381. The van der Waals surface area contributed by atoms with Crippen LogP contribution in [0.15, 0.2) is 36.4 Å². The molecule has 1 amide bonds. The second-order valence-electron chi connectivity index (χ2n) is 7.28. The lowest BCUT2D eigenvalue weighted by molar-refractivity contribution is -0.127. The zero-order valence-electron chi connectivity index (χ0n) is 17.1.